The highest BCUT2D eigenvalue weighted by molar-refractivity contribution is 9.10. The number of amides is 1. The van der Waals surface area contributed by atoms with Gasteiger partial charge in [-0.25, -0.2) is 4.79 Å². The second kappa shape index (κ2) is 5.33. The van der Waals surface area contributed by atoms with Crippen molar-refractivity contribution in [3.05, 3.63) is 34.3 Å². The molecular formula is C14H18BrNO3. The van der Waals surface area contributed by atoms with Gasteiger partial charge in [-0.1, -0.05) is 48.8 Å². The first kappa shape index (κ1) is 15.7. The molecule has 0 aliphatic carbocycles. The average Bonchev–Trinajstić information content (AvgIpc) is 2.28. The van der Waals surface area contributed by atoms with E-state index >= 15 is 0 Å². The third kappa shape index (κ3) is 3.56. The SMILES string of the molecule is CC(C)(C)C(=O)NC(C)(C(=O)O)c1ccc(Br)cc1. The Balaban J connectivity index is 3.15. The lowest BCUT2D eigenvalue weighted by atomic mass is 9.88. The number of rotatable bonds is 3. The first-order chi connectivity index (χ1) is 8.57. The Morgan fingerprint density at radius 3 is 1.95 bits per heavy atom. The molecule has 104 valence electrons. The van der Waals surface area contributed by atoms with Gasteiger partial charge in [0, 0.05) is 9.89 Å². The normalized spacial score (nSPS) is 14.6. The van der Waals surface area contributed by atoms with Gasteiger partial charge in [-0.15, -0.1) is 0 Å². The minimum absolute atomic E-state index is 0.305. The van der Waals surface area contributed by atoms with Gasteiger partial charge in [-0.3, -0.25) is 4.79 Å². The van der Waals surface area contributed by atoms with Gasteiger partial charge < -0.3 is 10.4 Å². The van der Waals surface area contributed by atoms with Crippen molar-refractivity contribution in [3.8, 4) is 0 Å². The van der Waals surface area contributed by atoms with Crippen LogP contribution in [0.25, 0.3) is 0 Å². The van der Waals surface area contributed by atoms with Crippen LogP contribution < -0.4 is 5.32 Å². The molecule has 0 saturated heterocycles. The van der Waals surface area contributed by atoms with Crippen LogP contribution in [0.5, 0.6) is 0 Å². The highest BCUT2D eigenvalue weighted by Crippen LogP contribution is 2.25. The van der Waals surface area contributed by atoms with Crippen LogP contribution in [0.15, 0.2) is 28.7 Å². The first-order valence-electron chi connectivity index (χ1n) is 5.89. The zero-order chi connectivity index (χ0) is 14.8. The zero-order valence-corrected chi connectivity index (χ0v) is 13.0. The molecule has 5 heteroatoms. The van der Waals surface area contributed by atoms with Crippen LogP contribution in [-0.4, -0.2) is 17.0 Å². The summed E-state index contributed by atoms with van der Waals surface area (Å²) >= 11 is 3.30. The van der Waals surface area contributed by atoms with Crippen molar-refractivity contribution in [2.45, 2.75) is 33.2 Å². The van der Waals surface area contributed by atoms with E-state index in [1.807, 2.05) is 0 Å². The largest absolute Gasteiger partial charge is 0.479 e. The van der Waals surface area contributed by atoms with E-state index in [1.165, 1.54) is 6.92 Å². The third-order valence-corrected chi connectivity index (χ3v) is 3.42. The molecule has 0 heterocycles. The van der Waals surface area contributed by atoms with Gasteiger partial charge in [-0.05, 0) is 24.6 Å². The fraction of sp³-hybridized carbons (Fsp3) is 0.429. The number of nitrogens with one attached hydrogen (secondary N) is 1. The summed E-state index contributed by atoms with van der Waals surface area (Å²) in [6, 6.07) is 6.86. The highest BCUT2D eigenvalue weighted by atomic mass is 79.9. The minimum Gasteiger partial charge on any atom is -0.479 e. The van der Waals surface area contributed by atoms with Crippen molar-refractivity contribution in [2.24, 2.45) is 5.41 Å². The molecule has 1 rings (SSSR count). The fourth-order valence-electron chi connectivity index (χ4n) is 1.45. The maximum absolute atomic E-state index is 12.0. The standard InChI is InChI=1S/C14H18BrNO3/c1-13(2,3)11(17)16-14(4,12(18)19)9-5-7-10(15)8-6-9/h5-8H,1-4H3,(H,16,17)(H,18,19). The topological polar surface area (TPSA) is 66.4 Å². The molecule has 0 bridgehead atoms. The summed E-state index contributed by atoms with van der Waals surface area (Å²) in [5, 5.41) is 12.1. The molecule has 0 spiro atoms. The minimum atomic E-state index is -1.44. The molecule has 0 aliphatic heterocycles. The lowest BCUT2D eigenvalue weighted by Crippen LogP contribution is -2.52. The van der Waals surface area contributed by atoms with Crippen LogP contribution in [0.2, 0.25) is 0 Å². The Morgan fingerprint density at radius 2 is 1.58 bits per heavy atom. The summed E-state index contributed by atoms with van der Waals surface area (Å²) < 4.78 is 0.853. The summed E-state index contributed by atoms with van der Waals surface area (Å²) in [7, 11) is 0. The zero-order valence-electron chi connectivity index (χ0n) is 11.5. The van der Waals surface area contributed by atoms with Crippen LogP contribution in [0.4, 0.5) is 0 Å². The van der Waals surface area contributed by atoms with Gasteiger partial charge >= 0.3 is 5.97 Å². The Hall–Kier alpha value is -1.36. The number of carbonyl (C=O) groups is 2. The molecule has 1 atom stereocenters. The molecule has 1 unspecified atom stereocenters. The Bertz CT molecular complexity index is 490. The van der Waals surface area contributed by atoms with Crippen LogP contribution in [0.3, 0.4) is 0 Å². The van der Waals surface area contributed by atoms with E-state index in [1.54, 1.807) is 45.0 Å². The quantitative estimate of drug-likeness (QED) is 0.897. The number of aliphatic carboxylic acids is 1. The van der Waals surface area contributed by atoms with E-state index in [0.717, 1.165) is 4.47 Å². The van der Waals surface area contributed by atoms with E-state index in [4.69, 9.17) is 0 Å². The molecule has 4 nitrogen and oxygen atoms in total. The second-order valence-electron chi connectivity index (χ2n) is 5.64. The highest BCUT2D eigenvalue weighted by Gasteiger charge is 2.39. The maximum atomic E-state index is 12.0. The average molecular weight is 328 g/mol. The summed E-state index contributed by atoms with van der Waals surface area (Å²) in [6.07, 6.45) is 0. The van der Waals surface area contributed by atoms with Gasteiger partial charge in [0.25, 0.3) is 0 Å². The second-order valence-corrected chi connectivity index (χ2v) is 6.56. The van der Waals surface area contributed by atoms with Crippen molar-refractivity contribution in [3.63, 3.8) is 0 Å². The third-order valence-electron chi connectivity index (χ3n) is 2.89. The van der Waals surface area contributed by atoms with E-state index in [9.17, 15) is 14.7 Å². The summed E-state index contributed by atoms with van der Waals surface area (Å²) in [6.45, 7) is 6.72. The number of carbonyl (C=O) groups excluding carboxylic acids is 1. The molecule has 0 saturated carbocycles. The molecule has 1 aromatic carbocycles. The number of carboxylic acids is 1. The van der Waals surface area contributed by atoms with Gasteiger partial charge in [-0.2, -0.15) is 0 Å². The van der Waals surface area contributed by atoms with Crippen molar-refractivity contribution < 1.29 is 14.7 Å². The maximum Gasteiger partial charge on any atom is 0.333 e. The molecule has 2 N–H and O–H groups in total. The number of halogens is 1. The Kier molecular flexibility index (Phi) is 4.40. The van der Waals surface area contributed by atoms with Gasteiger partial charge in [0.15, 0.2) is 5.54 Å². The summed E-state index contributed by atoms with van der Waals surface area (Å²) in [5.74, 6) is -1.40. The summed E-state index contributed by atoms with van der Waals surface area (Å²) in [5.41, 5.74) is -1.56. The predicted molar refractivity (Wildman–Crippen MR) is 76.7 cm³/mol. The van der Waals surface area contributed by atoms with Crippen molar-refractivity contribution in [1.82, 2.24) is 5.32 Å². The number of carboxylic acid groups (broad SMARTS) is 1. The van der Waals surface area contributed by atoms with E-state index in [2.05, 4.69) is 21.2 Å². The molecule has 1 amide bonds. The van der Waals surface area contributed by atoms with Crippen molar-refractivity contribution in [2.75, 3.05) is 0 Å². The lowest BCUT2D eigenvalue weighted by molar-refractivity contribution is -0.148. The molecular weight excluding hydrogens is 310 g/mol. The number of hydrogen-bond acceptors (Lipinski definition) is 2. The van der Waals surface area contributed by atoms with Gasteiger partial charge in [0.2, 0.25) is 5.91 Å². The van der Waals surface area contributed by atoms with Crippen LogP contribution in [-0.2, 0) is 15.1 Å². The van der Waals surface area contributed by atoms with E-state index in [0.29, 0.717) is 5.56 Å². The fourth-order valence-corrected chi connectivity index (χ4v) is 1.71. The molecule has 0 aromatic heterocycles. The van der Waals surface area contributed by atoms with E-state index < -0.39 is 16.9 Å². The summed E-state index contributed by atoms with van der Waals surface area (Å²) in [4.78, 5) is 23.6. The molecule has 0 radical (unpaired) electrons. The van der Waals surface area contributed by atoms with Crippen LogP contribution in [0, 0.1) is 5.41 Å². The number of hydrogen-bond donors (Lipinski definition) is 2. The Labute approximate surface area is 121 Å². The molecule has 0 aliphatic rings. The number of benzene rings is 1. The lowest BCUT2D eigenvalue weighted by Gasteiger charge is -2.30. The predicted octanol–water partition coefficient (Wildman–Crippen LogP) is 2.91. The molecule has 19 heavy (non-hydrogen) atoms. The monoisotopic (exact) mass is 327 g/mol. The van der Waals surface area contributed by atoms with Crippen LogP contribution in [0.1, 0.15) is 33.3 Å². The van der Waals surface area contributed by atoms with Crippen LogP contribution >= 0.6 is 15.9 Å². The molecule has 0 fully saturated rings. The smallest absolute Gasteiger partial charge is 0.333 e. The van der Waals surface area contributed by atoms with Crippen molar-refractivity contribution in [1.29, 1.82) is 0 Å². The first-order valence-corrected chi connectivity index (χ1v) is 6.69. The van der Waals surface area contributed by atoms with Gasteiger partial charge in [0.05, 0.1) is 0 Å². The molecule has 1 aromatic rings. The van der Waals surface area contributed by atoms with Crippen molar-refractivity contribution >= 4 is 27.8 Å². The van der Waals surface area contributed by atoms with E-state index in [-0.39, 0.29) is 5.91 Å². The van der Waals surface area contributed by atoms with Gasteiger partial charge in [0.1, 0.15) is 0 Å². The Morgan fingerprint density at radius 1 is 1.11 bits per heavy atom.